The van der Waals surface area contributed by atoms with E-state index in [1.165, 1.54) is 0 Å². The Morgan fingerprint density at radius 3 is 2.56 bits per heavy atom. The molecule has 0 amide bonds. The molecule has 1 aromatic rings. The van der Waals surface area contributed by atoms with E-state index in [1.807, 2.05) is 25.2 Å². The number of ether oxygens (including phenoxy) is 1. The van der Waals surface area contributed by atoms with Gasteiger partial charge in [-0.1, -0.05) is 23.7 Å². The highest BCUT2D eigenvalue weighted by Gasteiger charge is 2.15. The molecule has 3 heteroatoms. The number of hydrogen-bond acceptors (Lipinski definition) is 2. The molecule has 1 N–H and O–H groups in total. The molecule has 0 aliphatic rings. The number of nitrogens with one attached hydrogen (secondary N) is 1. The van der Waals surface area contributed by atoms with Gasteiger partial charge < -0.3 is 10.1 Å². The standard InChI is InChI=1S/C13H20ClNO/c1-13(2,3)16-9-12(15-4)10-6-5-7-11(14)8-10/h5-8,12,15H,9H2,1-4H3. The Morgan fingerprint density at radius 1 is 1.38 bits per heavy atom. The van der Waals surface area contributed by atoms with E-state index in [-0.39, 0.29) is 11.6 Å². The first-order valence-electron chi connectivity index (χ1n) is 5.49. The minimum absolute atomic E-state index is 0.117. The number of likely N-dealkylation sites (N-methyl/N-ethyl adjacent to an activating group) is 1. The third-order valence-electron chi connectivity index (χ3n) is 2.28. The lowest BCUT2D eigenvalue weighted by molar-refractivity contribution is -0.0139. The first-order chi connectivity index (χ1) is 7.42. The average molecular weight is 242 g/mol. The lowest BCUT2D eigenvalue weighted by atomic mass is 10.1. The van der Waals surface area contributed by atoms with Crippen LogP contribution in [0.5, 0.6) is 0 Å². The van der Waals surface area contributed by atoms with Crippen LogP contribution in [0.4, 0.5) is 0 Å². The number of benzene rings is 1. The zero-order valence-corrected chi connectivity index (χ0v) is 11.1. The highest BCUT2D eigenvalue weighted by Crippen LogP contribution is 2.19. The van der Waals surface area contributed by atoms with Crippen LogP contribution in [0.25, 0.3) is 0 Å². The topological polar surface area (TPSA) is 21.3 Å². The summed E-state index contributed by atoms with van der Waals surface area (Å²) in [6, 6.07) is 8.04. The van der Waals surface area contributed by atoms with Crippen molar-refractivity contribution in [2.24, 2.45) is 0 Å². The highest BCUT2D eigenvalue weighted by molar-refractivity contribution is 6.30. The van der Waals surface area contributed by atoms with Crippen molar-refractivity contribution in [3.8, 4) is 0 Å². The molecule has 0 aliphatic heterocycles. The van der Waals surface area contributed by atoms with Crippen LogP contribution in [0.2, 0.25) is 5.02 Å². The highest BCUT2D eigenvalue weighted by atomic mass is 35.5. The molecule has 0 saturated carbocycles. The monoisotopic (exact) mass is 241 g/mol. The van der Waals surface area contributed by atoms with Gasteiger partial charge in [-0.25, -0.2) is 0 Å². The van der Waals surface area contributed by atoms with Crippen molar-refractivity contribution in [3.05, 3.63) is 34.9 Å². The molecule has 1 unspecified atom stereocenters. The van der Waals surface area contributed by atoms with Gasteiger partial charge in [0, 0.05) is 5.02 Å². The van der Waals surface area contributed by atoms with Gasteiger partial charge in [-0.2, -0.15) is 0 Å². The van der Waals surface area contributed by atoms with E-state index in [2.05, 4.69) is 32.2 Å². The quantitative estimate of drug-likeness (QED) is 0.872. The molecule has 2 nitrogen and oxygen atoms in total. The Kier molecular flexibility index (Phi) is 4.78. The Labute approximate surface area is 103 Å². The van der Waals surface area contributed by atoms with E-state index in [0.717, 1.165) is 10.6 Å². The normalized spacial score (nSPS) is 13.8. The maximum atomic E-state index is 5.97. The SMILES string of the molecule is CNC(COC(C)(C)C)c1cccc(Cl)c1. The first-order valence-corrected chi connectivity index (χ1v) is 5.87. The van der Waals surface area contributed by atoms with E-state index >= 15 is 0 Å². The van der Waals surface area contributed by atoms with Crippen molar-refractivity contribution in [3.63, 3.8) is 0 Å². The zero-order valence-electron chi connectivity index (χ0n) is 10.4. The van der Waals surface area contributed by atoms with E-state index in [0.29, 0.717) is 6.61 Å². The molecule has 0 aromatic heterocycles. The second-order valence-corrected chi connectivity index (χ2v) is 5.26. The number of rotatable bonds is 4. The smallest absolute Gasteiger partial charge is 0.0668 e. The molecular formula is C13H20ClNO. The Hall–Kier alpha value is -0.570. The second-order valence-electron chi connectivity index (χ2n) is 4.82. The Balaban J connectivity index is 2.68. The molecule has 1 aromatic carbocycles. The van der Waals surface area contributed by atoms with Gasteiger partial charge in [-0.3, -0.25) is 0 Å². The van der Waals surface area contributed by atoms with Gasteiger partial charge in [-0.15, -0.1) is 0 Å². The maximum Gasteiger partial charge on any atom is 0.0668 e. The lowest BCUT2D eigenvalue weighted by Crippen LogP contribution is -2.28. The summed E-state index contributed by atoms with van der Waals surface area (Å²) < 4.78 is 5.77. The van der Waals surface area contributed by atoms with Crippen LogP contribution in [0.1, 0.15) is 32.4 Å². The van der Waals surface area contributed by atoms with Crippen LogP contribution in [0.15, 0.2) is 24.3 Å². The van der Waals surface area contributed by atoms with Crippen LogP contribution in [-0.4, -0.2) is 19.3 Å². The van der Waals surface area contributed by atoms with Crippen molar-refractivity contribution >= 4 is 11.6 Å². The van der Waals surface area contributed by atoms with Crippen molar-refractivity contribution in [1.82, 2.24) is 5.32 Å². The van der Waals surface area contributed by atoms with Gasteiger partial charge in [0.15, 0.2) is 0 Å². The summed E-state index contributed by atoms with van der Waals surface area (Å²) in [6.45, 7) is 6.80. The third kappa shape index (κ3) is 4.52. The van der Waals surface area contributed by atoms with Crippen LogP contribution >= 0.6 is 11.6 Å². The minimum Gasteiger partial charge on any atom is -0.374 e. The van der Waals surface area contributed by atoms with Crippen molar-refractivity contribution in [1.29, 1.82) is 0 Å². The largest absolute Gasteiger partial charge is 0.374 e. The van der Waals surface area contributed by atoms with Gasteiger partial charge in [0.2, 0.25) is 0 Å². The summed E-state index contributed by atoms with van der Waals surface area (Å²) >= 11 is 5.97. The third-order valence-corrected chi connectivity index (χ3v) is 2.52. The molecule has 0 heterocycles. The van der Waals surface area contributed by atoms with Crippen molar-refractivity contribution in [2.75, 3.05) is 13.7 Å². The molecule has 1 rings (SSSR count). The van der Waals surface area contributed by atoms with Crippen LogP contribution in [0.3, 0.4) is 0 Å². The Bertz CT molecular complexity index is 333. The van der Waals surface area contributed by atoms with E-state index in [1.54, 1.807) is 0 Å². The molecule has 0 spiro atoms. The predicted molar refractivity (Wildman–Crippen MR) is 69.0 cm³/mol. The molecule has 0 bridgehead atoms. The summed E-state index contributed by atoms with van der Waals surface area (Å²) in [6.07, 6.45) is 0. The summed E-state index contributed by atoms with van der Waals surface area (Å²) in [5.41, 5.74) is 1.03. The number of halogens is 1. The Morgan fingerprint density at radius 2 is 2.06 bits per heavy atom. The van der Waals surface area contributed by atoms with Gasteiger partial charge in [0.05, 0.1) is 18.2 Å². The van der Waals surface area contributed by atoms with E-state index < -0.39 is 0 Å². The molecule has 90 valence electrons. The predicted octanol–water partition coefficient (Wildman–Crippen LogP) is 3.42. The zero-order chi connectivity index (χ0) is 12.2. The van der Waals surface area contributed by atoms with Gasteiger partial charge >= 0.3 is 0 Å². The number of hydrogen-bond donors (Lipinski definition) is 1. The van der Waals surface area contributed by atoms with Crippen LogP contribution < -0.4 is 5.32 Å². The van der Waals surface area contributed by atoms with Gasteiger partial charge in [-0.05, 0) is 45.5 Å². The molecule has 16 heavy (non-hydrogen) atoms. The fraction of sp³-hybridized carbons (Fsp3) is 0.538. The van der Waals surface area contributed by atoms with Gasteiger partial charge in [0.1, 0.15) is 0 Å². The van der Waals surface area contributed by atoms with E-state index in [9.17, 15) is 0 Å². The summed E-state index contributed by atoms with van der Waals surface area (Å²) in [4.78, 5) is 0. The molecule has 0 radical (unpaired) electrons. The summed E-state index contributed by atoms with van der Waals surface area (Å²) in [5, 5.41) is 3.99. The summed E-state index contributed by atoms with van der Waals surface area (Å²) in [5.74, 6) is 0. The fourth-order valence-corrected chi connectivity index (χ4v) is 1.60. The lowest BCUT2D eigenvalue weighted by Gasteiger charge is -2.24. The average Bonchev–Trinajstić information content (AvgIpc) is 2.17. The fourth-order valence-electron chi connectivity index (χ4n) is 1.40. The molecule has 0 saturated heterocycles. The molecule has 0 fully saturated rings. The summed E-state index contributed by atoms with van der Waals surface area (Å²) in [7, 11) is 1.93. The second kappa shape index (κ2) is 5.67. The molecular weight excluding hydrogens is 222 g/mol. The van der Waals surface area contributed by atoms with Crippen molar-refractivity contribution in [2.45, 2.75) is 32.4 Å². The van der Waals surface area contributed by atoms with Crippen LogP contribution in [-0.2, 0) is 4.74 Å². The minimum atomic E-state index is -0.117. The molecule has 1 atom stereocenters. The van der Waals surface area contributed by atoms with E-state index in [4.69, 9.17) is 16.3 Å². The van der Waals surface area contributed by atoms with Crippen molar-refractivity contribution < 1.29 is 4.74 Å². The first kappa shape index (κ1) is 13.5. The maximum absolute atomic E-state index is 5.97. The molecule has 0 aliphatic carbocycles. The van der Waals surface area contributed by atoms with Gasteiger partial charge in [0.25, 0.3) is 0 Å². The van der Waals surface area contributed by atoms with Crippen LogP contribution in [0, 0.1) is 0 Å².